The van der Waals surface area contributed by atoms with E-state index in [4.69, 9.17) is 5.11 Å². The van der Waals surface area contributed by atoms with E-state index < -0.39 is 11.9 Å². The molecule has 0 unspecified atom stereocenters. The van der Waals surface area contributed by atoms with Gasteiger partial charge in [-0.15, -0.1) is 0 Å². The number of hydrogen-bond acceptors (Lipinski definition) is 3. The van der Waals surface area contributed by atoms with Gasteiger partial charge in [0.25, 0.3) is 0 Å². The second-order valence-electron chi connectivity index (χ2n) is 5.64. The number of carboxylic acids is 1. The number of amides is 1. The molecule has 0 aliphatic carbocycles. The minimum Gasteiger partial charge on any atom is -0.481 e. The Balaban J connectivity index is 2.00. The van der Waals surface area contributed by atoms with Crippen LogP contribution in [0.4, 0.5) is 5.82 Å². The number of nitrogens with zero attached hydrogens (tertiary/aromatic N) is 2. The fraction of sp³-hybridized carbons (Fsp3) is 0.312. The van der Waals surface area contributed by atoms with Gasteiger partial charge in [0.15, 0.2) is 0 Å². The summed E-state index contributed by atoms with van der Waals surface area (Å²) in [5, 5.41) is 16.2. The predicted molar refractivity (Wildman–Crippen MR) is 81.5 cm³/mol. The maximum absolute atomic E-state index is 12.1. The molecule has 0 spiro atoms. The number of rotatable bonds is 3. The number of carbonyl (C=O) groups is 2. The Morgan fingerprint density at radius 2 is 2.05 bits per heavy atom. The normalized spacial score (nSPS) is 17.0. The molecule has 6 heteroatoms. The van der Waals surface area contributed by atoms with Crippen LogP contribution in [-0.4, -0.2) is 26.8 Å². The Labute approximate surface area is 127 Å². The molecule has 114 valence electrons. The van der Waals surface area contributed by atoms with Gasteiger partial charge in [-0.05, 0) is 19.4 Å². The lowest BCUT2D eigenvalue weighted by Crippen LogP contribution is -2.35. The van der Waals surface area contributed by atoms with Gasteiger partial charge in [0.2, 0.25) is 5.91 Å². The number of aliphatic carboxylic acids is 1. The topological polar surface area (TPSA) is 84.2 Å². The molecule has 1 aliphatic heterocycles. The summed E-state index contributed by atoms with van der Waals surface area (Å²) < 4.78 is 1.69. The summed E-state index contributed by atoms with van der Waals surface area (Å²) in [5.41, 5.74) is 3.85. The molecule has 2 heterocycles. The quantitative estimate of drug-likeness (QED) is 0.910. The van der Waals surface area contributed by atoms with Gasteiger partial charge in [0.1, 0.15) is 5.82 Å². The number of carbonyl (C=O) groups excluding carboxylic acids is 1. The summed E-state index contributed by atoms with van der Waals surface area (Å²) in [5.74, 6) is -1.18. The van der Waals surface area contributed by atoms with Crippen LogP contribution in [-0.2, 0) is 16.1 Å². The van der Waals surface area contributed by atoms with Gasteiger partial charge in [-0.1, -0.05) is 29.8 Å². The van der Waals surface area contributed by atoms with Crippen molar-refractivity contribution in [2.75, 3.05) is 5.32 Å². The lowest BCUT2D eigenvalue weighted by molar-refractivity contribution is -0.140. The molecule has 22 heavy (non-hydrogen) atoms. The van der Waals surface area contributed by atoms with E-state index in [-0.39, 0.29) is 12.3 Å². The molecule has 0 saturated heterocycles. The van der Waals surface area contributed by atoms with Crippen molar-refractivity contribution >= 4 is 17.7 Å². The highest BCUT2D eigenvalue weighted by atomic mass is 16.4. The summed E-state index contributed by atoms with van der Waals surface area (Å²) in [6.07, 6.45) is -0.190. The average molecular weight is 299 g/mol. The van der Waals surface area contributed by atoms with Gasteiger partial charge in [0.05, 0.1) is 24.6 Å². The second kappa shape index (κ2) is 5.29. The zero-order chi connectivity index (χ0) is 15.9. The highest BCUT2D eigenvalue weighted by Crippen LogP contribution is 2.34. The van der Waals surface area contributed by atoms with Crippen molar-refractivity contribution < 1.29 is 14.7 Å². The Kier molecular flexibility index (Phi) is 3.44. The van der Waals surface area contributed by atoms with Crippen molar-refractivity contribution in [3.63, 3.8) is 0 Å². The first-order valence-electron chi connectivity index (χ1n) is 7.13. The van der Waals surface area contributed by atoms with Crippen molar-refractivity contribution in [2.45, 2.75) is 26.8 Å². The van der Waals surface area contributed by atoms with E-state index in [1.807, 2.05) is 38.1 Å². The molecule has 2 aromatic rings. The monoisotopic (exact) mass is 299 g/mol. The van der Waals surface area contributed by atoms with Gasteiger partial charge in [-0.25, -0.2) is 4.68 Å². The van der Waals surface area contributed by atoms with E-state index in [1.54, 1.807) is 4.68 Å². The van der Waals surface area contributed by atoms with Crippen molar-refractivity contribution in [3.8, 4) is 11.1 Å². The Morgan fingerprint density at radius 3 is 2.68 bits per heavy atom. The molecule has 0 radical (unpaired) electrons. The number of aromatic nitrogens is 2. The summed E-state index contributed by atoms with van der Waals surface area (Å²) in [7, 11) is 0. The molecule has 1 aromatic heterocycles. The van der Waals surface area contributed by atoms with Crippen LogP contribution in [0, 0.1) is 19.8 Å². The highest BCUT2D eigenvalue weighted by molar-refractivity contribution is 5.98. The second-order valence-corrected chi connectivity index (χ2v) is 5.64. The van der Waals surface area contributed by atoms with Gasteiger partial charge >= 0.3 is 5.97 Å². The van der Waals surface area contributed by atoms with Crippen LogP contribution in [0.1, 0.15) is 17.7 Å². The maximum Gasteiger partial charge on any atom is 0.304 e. The molecular formula is C16H17N3O3. The zero-order valence-corrected chi connectivity index (χ0v) is 12.5. The van der Waals surface area contributed by atoms with Crippen LogP contribution in [0.15, 0.2) is 24.3 Å². The molecule has 0 bridgehead atoms. The van der Waals surface area contributed by atoms with Crippen LogP contribution in [0.3, 0.4) is 0 Å². The standard InChI is InChI=1S/C16H17N3O3/c1-9-3-5-11(6-4-9)14-10(2)18-19-8-12(7-13(20)21)16(22)17-15(14)19/h3-6,12H,7-8H2,1-2H3,(H,17,22)(H,20,21)/t12-/m1/s1. The first-order valence-corrected chi connectivity index (χ1v) is 7.13. The largest absolute Gasteiger partial charge is 0.481 e. The number of anilines is 1. The Bertz CT molecular complexity index is 747. The minimum absolute atomic E-state index is 0.190. The first kappa shape index (κ1) is 14.3. The highest BCUT2D eigenvalue weighted by Gasteiger charge is 2.31. The fourth-order valence-electron chi connectivity index (χ4n) is 2.78. The number of hydrogen-bond donors (Lipinski definition) is 2. The van der Waals surface area contributed by atoms with E-state index in [1.165, 1.54) is 0 Å². The molecule has 2 N–H and O–H groups in total. The van der Waals surface area contributed by atoms with Crippen LogP contribution in [0.5, 0.6) is 0 Å². The summed E-state index contributed by atoms with van der Waals surface area (Å²) in [6, 6.07) is 8.01. The first-order chi connectivity index (χ1) is 10.5. The summed E-state index contributed by atoms with van der Waals surface area (Å²) in [4.78, 5) is 23.0. The third kappa shape index (κ3) is 2.47. The molecule has 1 aromatic carbocycles. The fourth-order valence-corrected chi connectivity index (χ4v) is 2.78. The molecular weight excluding hydrogens is 282 g/mol. The lowest BCUT2D eigenvalue weighted by Gasteiger charge is -2.23. The number of fused-ring (bicyclic) bond motifs is 1. The lowest BCUT2D eigenvalue weighted by atomic mass is 10.0. The van der Waals surface area contributed by atoms with Crippen molar-refractivity contribution in [3.05, 3.63) is 35.5 Å². The predicted octanol–water partition coefficient (Wildman–Crippen LogP) is 2.21. The van der Waals surface area contributed by atoms with Crippen molar-refractivity contribution in [1.29, 1.82) is 0 Å². The molecule has 1 aliphatic rings. The van der Waals surface area contributed by atoms with Crippen molar-refractivity contribution in [2.24, 2.45) is 5.92 Å². The average Bonchev–Trinajstić information content (AvgIpc) is 2.75. The molecule has 0 saturated carbocycles. The van der Waals surface area contributed by atoms with Gasteiger partial charge in [-0.2, -0.15) is 5.10 Å². The van der Waals surface area contributed by atoms with Crippen LogP contribution < -0.4 is 5.32 Å². The molecule has 1 amide bonds. The van der Waals surface area contributed by atoms with E-state index >= 15 is 0 Å². The smallest absolute Gasteiger partial charge is 0.304 e. The number of aryl methyl sites for hydroxylation is 2. The maximum atomic E-state index is 12.1. The number of carboxylic acid groups (broad SMARTS) is 1. The SMILES string of the molecule is Cc1ccc(-c2c(C)nn3c2NC(=O)[C@H](CC(=O)O)C3)cc1. The third-order valence-electron chi connectivity index (χ3n) is 3.89. The minimum atomic E-state index is -0.980. The molecule has 0 fully saturated rings. The summed E-state index contributed by atoms with van der Waals surface area (Å²) >= 11 is 0. The van der Waals surface area contributed by atoms with E-state index in [9.17, 15) is 9.59 Å². The summed E-state index contributed by atoms with van der Waals surface area (Å²) in [6.45, 7) is 4.20. The number of nitrogens with one attached hydrogen (secondary N) is 1. The van der Waals surface area contributed by atoms with E-state index in [0.717, 1.165) is 22.4 Å². The van der Waals surface area contributed by atoms with Crippen LogP contribution in [0.2, 0.25) is 0 Å². The third-order valence-corrected chi connectivity index (χ3v) is 3.89. The Hall–Kier alpha value is -2.63. The zero-order valence-electron chi connectivity index (χ0n) is 12.5. The van der Waals surface area contributed by atoms with E-state index in [2.05, 4.69) is 10.4 Å². The molecule has 1 atom stereocenters. The van der Waals surface area contributed by atoms with Gasteiger partial charge < -0.3 is 10.4 Å². The molecule has 6 nitrogen and oxygen atoms in total. The van der Waals surface area contributed by atoms with E-state index in [0.29, 0.717) is 12.4 Å². The van der Waals surface area contributed by atoms with Crippen molar-refractivity contribution in [1.82, 2.24) is 9.78 Å². The van der Waals surface area contributed by atoms with Crippen LogP contribution >= 0.6 is 0 Å². The van der Waals surface area contributed by atoms with Gasteiger partial charge in [0, 0.05) is 5.56 Å². The van der Waals surface area contributed by atoms with Crippen LogP contribution in [0.25, 0.3) is 11.1 Å². The van der Waals surface area contributed by atoms with Gasteiger partial charge in [-0.3, -0.25) is 9.59 Å². The number of benzene rings is 1. The molecule has 3 rings (SSSR count). The Morgan fingerprint density at radius 1 is 1.36 bits per heavy atom.